The van der Waals surface area contributed by atoms with E-state index in [4.69, 9.17) is 16.7 Å². The van der Waals surface area contributed by atoms with Gasteiger partial charge in [-0.3, -0.25) is 9.69 Å². The van der Waals surface area contributed by atoms with Crippen LogP contribution in [0.2, 0.25) is 5.02 Å². The van der Waals surface area contributed by atoms with Crippen molar-refractivity contribution in [1.82, 2.24) is 4.90 Å². The maximum atomic E-state index is 10.8. The second-order valence-electron chi connectivity index (χ2n) is 4.06. The van der Waals surface area contributed by atoms with Gasteiger partial charge in [-0.05, 0) is 31.5 Å². The van der Waals surface area contributed by atoms with Crippen molar-refractivity contribution in [2.24, 2.45) is 0 Å². The van der Waals surface area contributed by atoms with Crippen molar-refractivity contribution in [3.63, 3.8) is 0 Å². The number of benzene rings is 1. The molecule has 1 N–H and O–H groups in total. The van der Waals surface area contributed by atoms with Crippen molar-refractivity contribution in [2.45, 2.75) is 26.3 Å². The van der Waals surface area contributed by atoms with E-state index < -0.39 is 5.97 Å². The molecule has 0 radical (unpaired) electrons. The predicted octanol–water partition coefficient (Wildman–Crippen LogP) is 3.20. The fraction of sp³-hybridized carbons (Fsp3) is 0.462. The number of rotatable bonds is 6. The fourth-order valence-electron chi connectivity index (χ4n) is 1.88. The summed E-state index contributed by atoms with van der Waals surface area (Å²) in [5, 5.41) is 9.59. The number of carboxylic acids is 1. The molecule has 0 aliphatic rings. The van der Waals surface area contributed by atoms with Gasteiger partial charge < -0.3 is 5.11 Å². The van der Waals surface area contributed by atoms with E-state index in [1.54, 1.807) is 0 Å². The Balaban J connectivity index is 2.87. The molecular formula is C13H18ClNO2. The summed E-state index contributed by atoms with van der Waals surface area (Å²) < 4.78 is 0. The number of hydrogen-bond donors (Lipinski definition) is 1. The molecule has 94 valence electrons. The first-order chi connectivity index (χ1) is 8.06. The normalized spacial score (nSPS) is 12.7. The van der Waals surface area contributed by atoms with E-state index >= 15 is 0 Å². The van der Waals surface area contributed by atoms with Gasteiger partial charge in [0.1, 0.15) is 0 Å². The molecule has 0 bridgehead atoms. The van der Waals surface area contributed by atoms with Crippen molar-refractivity contribution in [2.75, 3.05) is 13.1 Å². The predicted molar refractivity (Wildman–Crippen MR) is 69.4 cm³/mol. The smallest absolute Gasteiger partial charge is 0.317 e. The highest BCUT2D eigenvalue weighted by molar-refractivity contribution is 6.31. The molecule has 0 amide bonds. The summed E-state index contributed by atoms with van der Waals surface area (Å²) in [4.78, 5) is 12.8. The van der Waals surface area contributed by atoms with E-state index in [-0.39, 0.29) is 12.6 Å². The molecule has 0 heterocycles. The van der Waals surface area contributed by atoms with Gasteiger partial charge >= 0.3 is 5.97 Å². The maximum absolute atomic E-state index is 10.8. The molecule has 0 fully saturated rings. The summed E-state index contributed by atoms with van der Waals surface area (Å²) in [5.74, 6) is -0.808. The summed E-state index contributed by atoms with van der Waals surface area (Å²) in [6.45, 7) is 4.81. The Hall–Kier alpha value is -1.06. The highest BCUT2D eigenvalue weighted by Crippen LogP contribution is 2.26. The molecule has 0 saturated carbocycles. The van der Waals surface area contributed by atoms with Crippen LogP contribution >= 0.6 is 11.6 Å². The first kappa shape index (κ1) is 14.0. The standard InChI is InChI=1S/C13H18ClNO2/c1-3-8-15(9-13(16)17)10(2)11-6-4-5-7-12(11)14/h4-7,10H,3,8-9H2,1-2H3,(H,16,17). The van der Waals surface area contributed by atoms with Gasteiger partial charge in [0.25, 0.3) is 0 Å². The first-order valence-corrected chi connectivity index (χ1v) is 6.14. The van der Waals surface area contributed by atoms with Crippen LogP contribution in [0.25, 0.3) is 0 Å². The Morgan fingerprint density at radius 3 is 2.65 bits per heavy atom. The Kier molecular flexibility index (Phi) is 5.45. The average Bonchev–Trinajstić information content (AvgIpc) is 2.28. The van der Waals surface area contributed by atoms with Gasteiger partial charge in [0, 0.05) is 11.1 Å². The van der Waals surface area contributed by atoms with Crippen LogP contribution in [-0.2, 0) is 4.79 Å². The fourth-order valence-corrected chi connectivity index (χ4v) is 2.17. The minimum atomic E-state index is -0.808. The van der Waals surface area contributed by atoms with Crippen LogP contribution < -0.4 is 0 Å². The zero-order valence-electron chi connectivity index (χ0n) is 10.2. The zero-order valence-corrected chi connectivity index (χ0v) is 10.9. The molecule has 0 spiro atoms. The topological polar surface area (TPSA) is 40.5 Å². The quantitative estimate of drug-likeness (QED) is 0.849. The average molecular weight is 256 g/mol. The second kappa shape index (κ2) is 6.62. The third-order valence-corrected chi connectivity index (χ3v) is 3.10. The number of carbonyl (C=O) groups is 1. The van der Waals surface area contributed by atoms with Crippen LogP contribution in [0, 0.1) is 0 Å². The van der Waals surface area contributed by atoms with E-state index in [1.165, 1.54) is 0 Å². The minimum Gasteiger partial charge on any atom is -0.480 e. The molecule has 0 aliphatic heterocycles. The van der Waals surface area contributed by atoms with Crippen molar-refractivity contribution < 1.29 is 9.90 Å². The molecule has 1 atom stereocenters. The van der Waals surface area contributed by atoms with E-state index in [0.29, 0.717) is 5.02 Å². The van der Waals surface area contributed by atoms with Crippen LogP contribution in [-0.4, -0.2) is 29.1 Å². The van der Waals surface area contributed by atoms with Crippen LogP contribution in [0.5, 0.6) is 0 Å². The number of aliphatic carboxylic acids is 1. The van der Waals surface area contributed by atoms with Gasteiger partial charge in [-0.25, -0.2) is 0 Å². The largest absolute Gasteiger partial charge is 0.480 e. The number of nitrogens with zero attached hydrogens (tertiary/aromatic N) is 1. The van der Waals surface area contributed by atoms with Crippen LogP contribution in [0.1, 0.15) is 31.9 Å². The number of hydrogen-bond acceptors (Lipinski definition) is 2. The highest BCUT2D eigenvalue weighted by atomic mass is 35.5. The molecule has 1 rings (SSSR count). The summed E-state index contributed by atoms with van der Waals surface area (Å²) >= 11 is 6.13. The molecule has 1 unspecified atom stereocenters. The Morgan fingerprint density at radius 2 is 2.12 bits per heavy atom. The summed E-state index contributed by atoms with van der Waals surface area (Å²) in [6, 6.07) is 7.58. The lowest BCUT2D eigenvalue weighted by Crippen LogP contribution is -2.33. The number of halogens is 1. The van der Waals surface area contributed by atoms with Gasteiger partial charge in [-0.2, -0.15) is 0 Å². The molecular weight excluding hydrogens is 238 g/mol. The van der Waals surface area contributed by atoms with Crippen LogP contribution in [0.4, 0.5) is 0 Å². The Bertz CT molecular complexity index is 381. The van der Waals surface area contributed by atoms with E-state index in [9.17, 15) is 4.79 Å². The molecule has 1 aromatic carbocycles. The van der Waals surface area contributed by atoms with Gasteiger partial charge in [0.05, 0.1) is 6.54 Å². The lowest BCUT2D eigenvalue weighted by atomic mass is 10.1. The van der Waals surface area contributed by atoms with Gasteiger partial charge in [-0.15, -0.1) is 0 Å². The maximum Gasteiger partial charge on any atom is 0.317 e. The third kappa shape index (κ3) is 4.02. The third-order valence-electron chi connectivity index (χ3n) is 2.75. The number of carboxylic acid groups (broad SMARTS) is 1. The lowest BCUT2D eigenvalue weighted by molar-refractivity contribution is -0.138. The summed E-state index contributed by atoms with van der Waals surface area (Å²) in [6.07, 6.45) is 0.919. The zero-order chi connectivity index (χ0) is 12.8. The Labute approximate surface area is 107 Å². The molecule has 4 heteroatoms. The SMILES string of the molecule is CCCN(CC(=O)O)C(C)c1ccccc1Cl. The lowest BCUT2D eigenvalue weighted by Gasteiger charge is -2.28. The van der Waals surface area contributed by atoms with Crippen LogP contribution in [0.15, 0.2) is 24.3 Å². The molecule has 1 aromatic rings. The first-order valence-electron chi connectivity index (χ1n) is 5.76. The van der Waals surface area contributed by atoms with Crippen molar-refractivity contribution in [3.8, 4) is 0 Å². The second-order valence-corrected chi connectivity index (χ2v) is 4.47. The molecule has 0 saturated heterocycles. The van der Waals surface area contributed by atoms with Crippen molar-refractivity contribution >= 4 is 17.6 Å². The van der Waals surface area contributed by atoms with E-state index in [0.717, 1.165) is 18.5 Å². The van der Waals surface area contributed by atoms with Gasteiger partial charge in [0.2, 0.25) is 0 Å². The van der Waals surface area contributed by atoms with Gasteiger partial charge in [-0.1, -0.05) is 36.7 Å². The molecule has 3 nitrogen and oxygen atoms in total. The summed E-state index contributed by atoms with van der Waals surface area (Å²) in [7, 11) is 0. The van der Waals surface area contributed by atoms with E-state index in [1.807, 2.05) is 43.0 Å². The molecule has 0 aliphatic carbocycles. The summed E-state index contributed by atoms with van der Waals surface area (Å²) in [5.41, 5.74) is 0.976. The highest BCUT2D eigenvalue weighted by Gasteiger charge is 2.19. The monoisotopic (exact) mass is 255 g/mol. The van der Waals surface area contributed by atoms with Gasteiger partial charge in [0.15, 0.2) is 0 Å². The minimum absolute atomic E-state index is 0.0137. The van der Waals surface area contributed by atoms with Crippen molar-refractivity contribution in [3.05, 3.63) is 34.9 Å². The molecule has 17 heavy (non-hydrogen) atoms. The Morgan fingerprint density at radius 1 is 1.47 bits per heavy atom. The van der Waals surface area contributed by atoms with Crippen molar-refractivity contribution in [1.29, 1.82) is 0 Å². The van der Waals surface area contributed by atoms with E-state index in [2.05, 4.69) is 0 Å². The van der Waals surface area contributed by atoms with Crippen LogP contribution in [0.3, 0.4) is 0 Å². The molecule has 0 aromatic heterocycles.